The molecule has 6 heteroatoms. The maximum Gasteiger partial charge on any atom is 0.254 e. The molecule has 1 heterocycles. The maximum atomic E-state index is 12.4. The SMILES string of the molecule is CCC(CC#N)c1c[c]c(C(=O)N2CCS(O)(O)CC2)cc1. The molecule has 22 heavy (non-hydrogen) atoms. The van der Waals surface area contributed by atoms with Crippen molar-refractivity contribution in [3.8, 4) is 6.07 Å². The lowest BCUT2D eigenvalue weighted by Crippen LogP contribution is -2.42. The van der Waals surface area contributed by atoms with Gasteiger partial charge in [-0.25, -0.2) is 0 Å². The van der Waals surface area contributed by atoms with Crippen molar-refractivity contribution < 1.29 is 13.9 Å². The van der Waals surface area contributed by atoms with Crippen LogP contribution in [0.4, 0.5) is 0 Å². The Bertz CT molecular complexity index is 556. The van der Waals surface area contributed by atoms with Crippen molar-refractivity contribution in [1.29, 1.82) is 5.26 Å². The number of carbonyl (C=O) groups is 1. The van der Waals surface area contributed by atoms with Crippen LogP contribution in [0.15, 0.2) is 18.2 Å². The molecule has 1 radical (unpaired) electrons. The first-order valence-electron chi connectivity index (χ1n) is 7.38. The van der Waals surface area contributed by atoms with Gasteiger partial charge in [-0.05, 0) is 30.0 Å². The van der Waals surface area contributed by atoms with Gasteiger partial charge < -0.3 is 4.90 Å². The number of nitriles is 1. The average Bonchev–Trinajstić information content (AvgIpc) is 2.52. The molecule has 2 N–H and O–H groups in total. The van der Waals surface area contributed by atoms with Crippen molar-refractivity contribution in [2.45, 2.75) is 25.7 Å². The van der Waals surface area contributed by atoms with Gasteiger partial charge in [-0.2, -0.15) is 15.9 Å². The highest BCUT2D eigenvalue weighted by Crippen LogP contribution is 2.40. The Hall–Kier alpha value is -1.55. The molecule has 2 rings (SSSR count). The number of amides is 1. The summed E-state index contributed by atoms with van der Waals surface area (Å²) >= 11 is 0. The van der Waals surface area contributed by atoms with Crippen molar-refractivity contribution in [3.63, 3.8) is 0 Å². The van der Waals surface area contributed by atoms with Crippen molar-refractivity contribution >= 4 is 16.5 Å². The van der Waals surface area contributed by atoms with Crippen LogP contribution in [0.1, 0.15) is 41.6 Å². The highest BCUT2D eigenvalue weighted by Gasteiger charge is 2.26. The van der Waals surface area contributed by atoms with Crippen molar-refractivity contribution in [2.75, 3.05) is 24.6 Å². The fourth-order valence-corrected chi connectivity index (χ4v) is 3.76. The molecule has 1 saturated heterocycles. The Morgan fingerprint density at radius 1 is 1.45 bits per heavy atom. The Morgan fingerprint density at radius 3 is 2.64 bits per heavy atom. The summed E-state index contributed by atoms with van der Waals surface area (Å²) in [6, 6.07) is 10.6. The van der Waals surface area contributed by atoms with Gasteiger partial charge in [0, 0.05) is 25.1 Å². The predicted molar refractivity (Wildman–Crippen MR) is 87.0 cm³/mol. The van der Waals surface area contributed by atoms with E-state index in [1.54, 1.807) is 17.0 Å². The van der Waals surface area contributed by atoms with Crippen LogP contribution in [0, 0.1) is 17.4 Å². The first-order chi connectivity index (χ1) is 10.5. The van der Waals surface area contributed by atoms with Crippen molar-refractivity contribution in [1.82, 2.24) is 4.90 Å². The van der Waals surface area contributed by atoms with Gasteiger partial charge in [0.1, 0.15) is 0 Å². The lowest BCUT2D eigenvalue weighted by atomic mass is 9.93. The van der Waals surface area contributed by atoms with E-state index in [9.17, 15) is 13.9 Å². The van der Waals surface area contributed by atoms with E-state index in [-0.39, 0.29) is 23.3 Å². The summed E-state index contributed by atoms with van der Waals surface area (Å²) in [6.45, 7) is 2.76. The van der Waals surface area contributed by atoms with Gasteiger partial charge in [-0.15, -0.1) is 0 Å². The second kappa shape index (κ2) is 7.14. The van der Waals surface area contributed by atoms with Crippen molar-refractivity contribution in [2.24, 2.45) is 0 Å². The normalized spacial score (nSPS) is 20.0. The highest BCUT2D eigenvalue weighted by molar-refractivity contribution is 8.24. The van der Waals surface area contributed by atoms with Gasteiger partial charge in [0.2, 0.25) is 0 Å². The molecule has 1 aliphatic rings. The van der Waals surface area contributed by atoms with E-state index in [1.165, 1.54) is 0 Å². The Morgan fingerprint density at radius 2 is 2.14 bits per heavy atom. The second-order valence-corrected chi connectivity index (χ2v) is 7.93. The predicted octanol–water partition coefficient (Wildman–Crippen LogP) is 3.10. The summed E-state index contributed by atoms with van der Waals surface area (Å²) in [6.07, 6.45) is 1.33. The quantitative estimate of drug-likeness (QED) is 0.892. The number of carbonyl (C=O) groups excluding carboxylic acids is 1. The van der Waals surface area contributed by atoms with Gasteiger partial charge in [-0.3, -0.25) is 13.9 Å². The molecule has 119 valence electrons. The molecule has 1 amide bonds. The summed E-state index contributed by atoms with van der Waals surface area (Å²) in [7, 11) is -2.49. The van der Waals surface area contributed by atoms with Crippen molar-refractivity contribution in [3.05, 3.63) is 35.4 Å². The third-order valence-electron chi connectivity index (χ3n) is 4.03. The number of hydrogen-bond acceptors (Lipinski definition) is 4. The van der Waals surface area contributed by atoms with Gasteiger partial charge in [0.15, 0.2) is 0 Å². The minimum atomic E-state index is -2.49. The summed E-state index contributed by atoms with van der Waals surface area (Å²) in [5, 5.41) is 8.82. The van der Waals surface area contributed by atoms with E-state index in [2.05, 4.69) is 12.1 Å². The molecule has 1 unspecified atom stereocenters. The zero-order valence-electron chi connectivity index (χ0n) is 12.7. The third kappa shape index (κ3) is 4.01. The summed E-state index contributed by atoms with van der Waals surface area (Å²) in [5.41, 5.74) is 1.50. The zero-order valence-corrected chi connectivity index (χ0v) is 13.5. The van der Waals surface area contributed by atoms with E-state index in [0.29, 0.717) is 25.1 Å². The smallest absolute Gasteiger partial charge is 0.254 e. The molecular formula is C16H21N2O3S. The minimum absolute atomic E-state index is 0.130. The largest absolute Gasteiger partial charge is 0.335 e. The lowest BCUT2D eigenvalue weighted by Gasteiger charge is -2.40. The average molecular weight is 321 g/mol. The molecule has 1 atom stereocenters. The molecule has 0 bridgehead atoms. The zero-order chi connectivity index (χ0) is 16.2. The van der Waals surface area contributed by atoms with Crippen LogP contribution in [0.5, 0.6) is 0 Å². The Kier molecular flexibility index (Phi) is 5.46. The summed E-state index contributed by atoms with van der Waals surface area (Å²) in [5.74, 6) is 0.538. The number of rotatable bonds is 4. The van der Waals surface area contributed by atoms with Crippen LogP contribution in [-0.4, -0.2) is 44.5 Å². The topological polar surface area (TPSA) is 84.6 Å². The molecule has 0 aromatic heterocycles. The maximum absolute atomic E-state index is 12.4. The molecule has 1 fully saturated rings. The van der Waals surface area contributed by atoms with Crippen LogP contribution in [0.3, 0.4) is 0 Å². The molecule has 1 aliphatic heterocycles. The highest BCUT2D eigenvalue weighted by atomic mass is 32.3. The minimum Gasteiger partial charge on any atom is -0.335 e. The monoisotopic (exact) mass is 321 g/mol. The molecule has 0 spiro atoms. The van der Waals surface area contributed by atoms with Crippen LogP contribution in [0.25, 0.3) is 0 Å². The first-order valence-corrected chi connectivity index (χ1v) is 9.27. The van der Waals surface area contributed by atoms with Crippen LogP contribution < -0.4 is 0 Å². The summed E-state index contributed by atoms with van der Waals surface area (Å²) in [4.78, 5) is 14.0. The Balaban J connectivity index is 2.04. The van der Waals surface area contributed by atoms with Crippen LogP contribution in [0.2, 0.25) is 0 Å². The summed E-state index contributed by atoms with van der Waals surface area (Å²) < 4.78 is 19.2. The van der Waals surface area contributed by atoms with Crippen LogP contribution in [-0.2, 0) is 0 Å². The molecule has 0 aliphatic carbocycles. The second-order valence-electron chi connectivity index (χ2n) is 5.51. The molecule has 1 aromatic carbocycles. The number of benzene rings is 1. The number of hydrogen-bond donors (Lipinski definition) is 2. The van der Waals surface area contributed by atoms with E-state index < -0.39 is 10.6 Å². The number of nitrogens with zero attached hydrogens (tertiary/aromatic N) is 2. The standard InChI is InChI=1S/C16H21N2O3S/c1-2-13(7-8-17)14-3-5-15(6-4-14)16(19)18-9-11-22(20,21)12-10-18/h3-5,13,20-21H,2,7,9-12H2,1H3. The Labute approximate surface area is 132 Å². The van der Waals surface area contributed by atoms with Gasteiger partial charge in [-0.1, -0.05) is 19.1 Å². The van der Waals surface area contributed by atoms with Gasteiger partial charge in [0.25, 0.3) is 5.91 Å². The molecular weight excluding hydrogens is 300 g/mol. The lowest BCUT2D eigenvalue weighted by molar-refractivity contribution is 0.0767. The van der Waals surface area contributed by atoms with E-state index in [4.69, 9.17) is 5.26 Å². The molecule has 1 aromatic rings. The third-order valence-corrected chi connectivity index (χ3v) is 5.71. The van der Waals surface area contributed by atoms with Crippen LogP contribution >= 0.6 is 10.6 Å². The fourth-order valence-electron chi connectivity index (χ4n) is 2.53. The van der Waals surface area contributed by atoms with E-state index in [0.717, 1.165) is 12.0 Å². The molecule has 0 saturated carbocycles. The van der Waals surface area contributed by atoms with Gasteiger partial charge >= 0.3 is 0 Å². The fraction of sp³-hybridized carbons (Fsp3) is 0.500. The van der Waals surface area contributed by atoms with E-state index >= 15 is 0 Å². The first kappa shape index (κ1) is 16.8. The van der Waals surface area contributed by atoms with E-state index in [1.807, 2.05) is 13.0 Å². The molecule has 5 nitrogen and oxygen atoms in total. The van der Waals surface area contributed by atoms with Gasteiger partial charge in [0.05, 0.1) is 17.6 Å².